The molecule has 0 radical (unpaired) electrons. The molecule has 0 saturated heterocycles. The number of hydrogen-bond acceptors (Lipinski definition) is 3. The Morgan fingerprint density at radius 1 is 1.41 bits per heavy atom. The highest BCUT2D eigenvalue weighted by Gasteiger charge is 2.40. The highest BCUT2D eigenvalue weighted by Crippen LogP contribution is 2.45. The first-order valence-electron chi connectivity index (χ1n) is 10.3. The standard InChI is InChI=1S/C23H34O4/c1-17-16-20(24)19(10-6-4-5-7-13-22(25)26)18(17)11-8-12-21(27-3)23(2)14-9-15-23/h4,6,17-19,21H,5,7,9-10,12-16H2,1-3H3,(H,25,26)/b6-4-/t17-,18+,19-,21?/m1/s1. The summed E-state index contributed by atoms with van der Waals surface area (Å²) in [7, 11) is 1.77. The number of carboxylic acids is 1. The Balaban J connectivity index is 1.88. The Kier molecular flexibility index (Phi) is 8.10. The number of ether oxygens (including phenoxy) is 1. The summed E-state index contributed by atoms with van der Waals surface area (Å²) in [6.45, 7) is 4.40. The van der Waals surface area contributed by atoms with E-state index in [1.54, 1.807) is 7.11 Å². The second-order valence-electron chi connectivity index (χ2n) is 8.53. The third-order valence-electron chi connectivity index (χ3n) is 6.42. The highest BCUT2D eigenvalue weighted by molar-refractivity contribution is 5.84. The predicted octanol–water partition coefficient (Wildman–Crippen LogP) is 4.63. The fourth-order valence-corrected chi connectivity index (χ4v) is 4.39. The van der Waals surface area contributed by atoms with Crippen LogP contribution < -0.4 is 0 Å². The average molecular weight is 375 g/mol. The average Bonchev–Trinajstić information content (AvgIpc) is 2.86. The van der Waals surface area contributed by atoms with Crippen LogP contribution in [0, 0.1) is 35.0 Å². The van der Waals surface area contributed by atoms with Crippen LogP contribution in [-0.4, -0.2) is 30.1 Å². The molecule has 27 heavy (non-hydrogen) atoms. The van der Waals surface area contributed by atoms with Gasteiger partial charge >= 0.3 is 5.97 Å². The number of carboxylic acid groups (broad SMARTS) is 1. The number of carbonyl (C=O) groups excluding carboxylic acids is 1. The van der Waals surface area contributed by atoms with E-state index in [0.29, 0.717) is 31.0 Å². The van der Waals surface area contributed by atoms with E-state index in [2.05, 4.69) is 25.7 Å². The maximum atomic E-state index is 12.4. The normalized spacial score (nSPS) is 27.8. The van der Waals surface area contributed by atoms with Crippen molar-refractivity contribution < 1.29 is 19.4 Å². The van der Waals surface area contributed by atoms with Gasteiger partial charge in [-0.05, 0) is 43.4 Å². The minimum absolute atomic E-state index is 0.0245. The Labute approximate surface area is 163 Å². The highest BCUT2D eigenvalue weighted by atomic mass is 16.5. The van der Waals surface area contributed by atoms with Gasteiger partial charge in [-0.25, -0.2) is 0 Å². The quantitative estimate of drug-likeness (QED) is 0.363. The number of methoxy groups -OCH3 is 1. The molecule has 0 aromatic carbocycles. The van der Waals surface area contributed by atoms with Gasteiger partial charge in [-0.2, -0.15) is 0 Å². The smallest absolute Gasteiger partial charge is 0.303 e. The van der Waals surface area contributed by atoms with Crippen molar-refractivity contribution in [3.8, 4) is 11.8 Å². The molecule has 0 aliphatic heterocycles. The third-order valence-corrected chi connectivity index (χ3v) is 6.42. The molecule has 2 rings (SSSR count). The molecule has 0 aromatic heterocycles. The maximum Gasteiger partial charge on any atom is 0.303 e. The van der Waals surface area contributed by atoms with E-state index in [0.717, 1.165) is 12.8 Å². The first-order chi connectivity index (χ1) is 12.9. The Morgan fingerprint density at radius 3 is 2.74 bits per heavy atom. The van der Waals surface area contributed by atoms with Gasteiger partial charge in [0, 0.05) is 38.2 Å². The fraction of sp³-hybridized carbons (Fsp3) is 0.739. The molecule has 0 bridgehead atoms. The van der Waals surface area contributed by atoms with Crippen molar-refractivity contribution in [2.45, 2.75) is 77.7 Å². The van der Waals surface area contributed by atoms with Crippen LogP contribution in [0.1, 0.15) is 71.6 Å². The van der Waals surface area contributed by atoms with Crippen LogP contribution >= 0.6 is 0 Å². The lowest BCUT2D eigenvalue weighted by molar-refractivity contribution is -0.137. The van der Waals surface area contributed by atoms with Crippen molar-refractivity contribution in [1.29, 1.82) is 0 Å². The van der Waals surface area contributed by atoms with Crippen molar-refractivity contribution in [3.63, 3.8) is 0 Å². The van der Waals surface area contributed by atoms with Gasteiger partial charge in [-0.3, -0.25) is 9.59 Å². The van der Waals surface area contributed by atoms with Gasteiger partial charge in [0.15, 0.2) is 0 Å². The number of ketones is 1. The SMILES string of the molecule is COC(CC#C[C@H]1[C@H](C)CC(=O)[C@@H]1C/C=C\CCCC(=O)O)C1(C)CCC1. The van der Waals surface area contributed by atoms with Crippen LogP contribution in [0.4, 0.5) is 0 Å². The fourth-order valence-electron chi connectivity index (χ4n) is 4.39. The predicted molar refractivity (Wildman–Crippen MR) is 106 cm³/mol. The molecule has 0 heterocycles. The maximum absolute atomic E-state index is 12.4. The summed E-state index contributed by atoms with van der Waals surface area (Å²) in [5.41, 5.74) is 0.263. The zero-order valence-corrected chi connectivity index (χ0v) is 17.0. The van der Waals surface area contributed by atoms with E-state index < -0.39 is 5.97 Å². The monoisotopic (exact) mass is 374 g/mol. The van der Waals surface area contributed by atoms with Crippen LogP contribution in [-0.2, 0) is 14.3 Å². The number of unbranched alkanes of at least 4 members (excludes halogenated alkanes) is 1. The molecular formula is C23H34O4. The molecule has 4 heteroatoms. The molecular weight excluding hydrogens is 340 g/mol. The van der Waals surface area contributed by atoms with E-state index in [1.807, 2.05) is 12.2 Å². The zero-order valence-electron chi connectivity index (χ0n) is 17.0. The molecule has 1 unspecified atom stereocenters. The molecule has 4 atom stereocenters. The number of Topliss-reactive ketones (excluding diaryl/α,β-unsaturated/α-hetero) is 1. The summed E-state index contributed by atoms with van der Waals surface area (Å²) in [5, 5.41) is 8.66. The molecule has 1 N–H and O–H groups in total. The molecule has 2 aliphatic rings. The van der Waals surface area contributed by atoms with E-state index in [4.69, 9.17) is 9.84 Å². The van der Waals surface area contributed by atoms with Crippen LogP contribution in [0.15, 0.2) is 12.2 Å². The number of allylic oxidation sites excluding steroid dienone is 2. The second kappa shape index (κ2) is 10.1. The summed E-state index contributed by atoms with van der Waals surface area (Å²) < 4.78 is 5.69. The lowest BCUT2D eigenvalue weighted by Crippen LogP contribution is -2.39. The molecule has 2 aliphatic carbocycles. The van der Waals surface area contributed by atoms with Gasteiger partial charge < -0.3 is 9.84 Å². The van der Waals surface area contributed by atoms with Gasteiger partial charge in [-0.1, -0.05) is 38.3 Å². The van der Waals surface area contributed by atoms with E-state index >= 15 is 0 Å². The number of hydrogen-bond donors (Lipinski definition) is 1. The van der Waals surface area contributed by atoms with E-state index in [9.17, 15) is 9.59 Å². The van der Waals surface area contributed by atoms with Crippen LogP contribution in [0.2, 0.25) is 0 Å². The number of rotatable bonds is 9. The molecule has 150 valence electrons. The van der Waals surface area contributed by atoms with Gasteiger partial charge in [-0.15, -0.1) is 5.92 Å². The summed E-state index contributed by atoms with van der Waals surface area (Å²) in [5.74, 6) is 6.69. The Bertz CT molecular complexity index is 606. The van der Waals surface area contributed by atoms with Crippen molar-refractivity contribution >= 4 is 11.8 Å². The van der Waals surface area contributed by atoms with Gasteiger partial charge in [0.1, 0.15) is 5.78 Å². The minimum Gasteiger partial charge on any atom is -0.481 e. The lowest BCUT2D eigenvalue weighted by Gasteiger charge is -2.43. The minimum atomic E-state index is -0.761. The van der Waals surface area contributed by atoms with Gasteiger partial charge in [0.2, 0.25) is 0 Å². The molecule has 2 saturated carbocycles. The summed E-state index contributed by atoms with van der Waals surface area (Å²) in [6, 6.07) is 0. The molecule has 4 nitrogen and oxygen atoms in total. The van der Waals surface area contributed by atoms with Crippen molar-refractivity contribution in [1.82, 2.24) is 0 Å². The topological polar surface area (TPSA) is 63.6 Å². The lowest BCUT2D eigenvalue weighted by atomic mass is 9.66. The van der Waals surface area contributed by atoms with Gasteiger partial charge in [0.25, 0.3) is 0 Å². The van der Waals surface area contributed by atoms with Gasteiger partial charge in [0.05, 0.1) is 6.10 Å². The molecule has 0 spiro atoms. The van der Waals surface area contributed by atoms with Crippen LogP contribution in [0.5, 0.6) is 0 Å². The van der Waals surface area contributed by atoms with Crippen LogP contribution in [0.25, 0.3) is 0 Å². The Morgan fingerprint density at radius 2 is 2.15 bits per heavy atom. The number of carbonyl (C=O) groups is 2. The third kappa shape index (κ3) is 5.94. The first kappa shape index (κ1) is 21.7. The van der Waals surface area contributed by atoms with E-state index in [1.165, 1.54) is 19.3 Å². The molecule has 0 amide bonds. The Hall–Kier alpha value is -1.60. The largest absolute Gasteiger partial charge is 0.481 e. The summed E-state index contributed by atoms with van der Waals surface area (Å²) >= 11 is 0. The summed E-state index contributed by atoms with van der Waals surface area (Å²) in [4.78, 5) is 22.9. The van der Waals surface area contributed by atoms with Crippen molar-refractivity contribution in [3.05, 3.63) is 12.2 Å². The summed E-state index contributed by atoms with van der Waals surface area (Å²) in [6.07, 6.45) is 11.5. The number of aliphatic carboxylic acids is 1. The van der Waals surface area contributed by atoms with Crippen molar-refractivity contribution in [2.75, 3.05) is 7.11 Å². The van der Waals surface area contributed by atoms with Crippen LogP contribution in [0.3, 0.4) is 0 Å². The zero-order chi connectivity index (χ0) is 19.9. The van der Waals surface area contributed by atoms with Crippen molar-refractivity contribution in [2.24, 2.45) is 23.2 Å². The second-order valence-corrected chi connectivity index (χ2v) is 8.53. The van der Waals surface area contributed by atoms with E-state index in [-0.39, 0.29) is 29.8 Å². The molecule has 0 aromatic rings. The first-order valence-corrected chi connectivity index (χ1v) is 10.3. The molecule has 2 fully saturated rings.